The van der Waals surface area contributed by atoms with E-state index in [0.29, 0.717) is 43.7 Å². The number of ether oxygens (including phenoxy) is 1. The molecule has 0 aliphatic carbocycles. The highest BCUT2D eigenvalue weighted by molar-refractivity contribution is 5.88. The fourth-order valence-corrected chi connectivity index (χ4v) is 2.49. The molecular formula is C15H19NO6. The zero-order valence-electron chi connectivity index (χ0n) is 12.1. The van der Waals surface area contributed by atoms with Crippen LogP contribution in [0, 0.1) is 0 Å². The minimum absolute atomic E-state index is 0.100. The fraction of sp³-hybridized carbons (Fsp3) is 0.467. The summed E-state index contributed by atoms with van der Waals surface area (Å²) >= 11 is 0. The number of carboxylic acids is 1. The maximum absolute atomic E-state index is 11.0. The molecule has 1 heterocycles. The lowest BCUT2D eigenvalue weighted by Gasteiger charge is -2.30. The van der Waals surface area contributed by atoms with Crippen LogP contribution in [0.3, 0.4) is 0 Å². The molecule has 1 aromatic carbocycles. The number of hydrogen-bond acceptors (Lipinski definition) is 4. The largest absolute Gasteiger partial charge is 0.490 e. The Morgan fingerprint density at radius 2 is 1.91 bits per heavy atom. The lowest BCUT2D eigenvalue weighted by atomic mass is 10.1. The first-order valence-corrected chi connectivity index (χ1v) is 7.13. The van der Waals surface area contributed by atoms with Crippen LogP contribution in [0.1, 0.15) is 28.8 Å². The predicted molar refractivity (Wildman–Crippen MR) is 77.4 cm³/mol. The number of benzene rings is 1. The summed E-state index contributed by atoms with van der Waals surface area (Å²) in [6, 6.07) is 4.56. The van der Waals surface area contributed by atoms with Crippen LogP contribution in [-0.4, -0.2) is 58.1 Å². The summed E-state index contributed by atoms with van der Waals surface area (Å²) in [4.78, 5) is 23.2. The van der Waals surface area contributed by atoms with Crippen molar-refractivity contribution in [1.29, 1.82) is 0 Å². The average Bonchev–Trinajstić information content (AvgIpc) is 2.49. The molecule has 0 aromatic heterocycles. The second kappa shape index (κ2) is 7.13. The molecule has 120 valence electrons. The van der Waals surface area contributed by atoms with E-state index in [0.717, 1.165) is 0 Å². The van der Waals surface area contributed by atoms with E-state index >= 15 is 0 Å². The number of aromatic carboxylic acids is 1. The van der Waals surface area contributed by atoms with Gasteiger partial charge in [-0.25, -0.2) is 9.59 Å². The summed E-state index contributed by atoms with van der Waals surface area (Å²) in [5.74, 6) is -0.478. The van der Waals surface area contributed by atoms with Crippen molar-refractivity contribution in [2.24, 2.45) is 0 Å². The molecule has 0 saturated carbocycles. The molecular weight excluding hydrogens is 290 g/mol. The highest BCUT2D eigenvalue weighted by Crippen LogP contribution is 2.25. The Labute approximate surface area is 127 Å². The summed E-state index contributed by atoms with van der Waals surface area (Å²) in [5, 5.41) is 27.0. The summed E-state index contributed by atoms with van der Waals surface area (Å²) in [6.45, 7) is 0.738. The predicted octanol–water partition coefficient (Wildman–Crippen LogP) is 1.44. The highest BCUT2D eigenvalue weighted by atomic mass is 16.5. The number of amides is 1. The monoisotopic (exact) mass is 309 g/mol. The second-order valence-electron chi connectivity index (χ2n) is 5.19. The minimum Gasteiger partial charge on any atom is -0.490 e. The lowest BCUT2D eigenvalue weighted by molar-refractivity contribution is 0.0696. The molecule has 3 N–H and O–H groups in total. The lowest BCUT2D eigenvalue weighted by Crippen LogP contribution is -2.41. The molecule has 22 heavy (non-hydrogen) atoms. The summed E-state index contributed by atoms with van der Waals surface area (Å²) in [6.07, 6.45) is 0.454. The van der Waals surface area contributed by atoms with E-state index in [1.807, 2.05) is 0 Å². The summed E-state index contributed by atoms with van der Waals surface area (Å²) in [5.41, 5.74) is 0.791. The molecule has 1 aliphatic rings. The molecule has 7 nitrogen and oxygen atoms in total. The van der Waals surface area contributed by atoms with Gasteiger partial charge in [0, 0.05) is 32.5 Å². The van der Waals surface area contributed by atoms with Crippen molar-refractivity contribution in [2.45, 2.75) is 25.4 Å². The number of hydrogen-bond donors (Lipinski definition) is 3. The van der Waals surface area contributed by atoms with Crippen LogP contribution in [0.4, 0.5) is 4.79 Å². The minimum atomic E-state index is -1.03. The van der Waals surface area contributed by atoms with Crippen LogP contribution in [0.25, 0.3) is 0 Å². The Hall–Kier alpha value is -2.28. The van der Waals surface area contributed by atoms with E-state index in [1.54, 1.807) is 6.07 Å². The Kier molecular flexibility index (Phi) is 5.21. The number of nitrogens with zero attached hydrogens (tertiary/aromatic N) is 1. The van der Waals surface area contributed by atoms with Gasteiger partial charge < -0.3 is 25.0 Å². The van der Waals surface area contributed by atoms with Gasteiger partial charge in [0.2, 0.25) is 0 Å². The first-order chi connectivity index (χ1) is 10.5. The summed E-state index contributed by atoms with van der Waals surface area (Å²) < 4.78 is 5.88. The van der Waals surface area contributed by atoms with Crippen molar-refractivity contribution in [3.05, 3.63) is 29.3 Å². The van der Waals surface area contributed by atoms with Crippen LogP contribution < -0.4 is 4.74 Å². The number of likely N-dealkylation sites (tertiary alicyclic amines) is 1. The van der Waals surface area contributed by atoms with Crippen LogP contribution >= 0.6 is 0 Å². The van der Waals surface area contributed by atoms with Gasteiger partial charge in [-0.05, 0) is 30.2 Å². The number of aliphatic hydroxyl groups excluding tert-OH is 1. The van der Waals surface area contributed by atoms with E-state index in [-0.39, 0.29) is 18.3 Å². The van der Waals surface area contributed by atoms with E-state index in [9.17, 15) is 9.59 Å². The standard InChI is InChI=1S/C15H19NO6/c17-8-5-10-9-11(14(18)19)1-2-13(10)22-12-3-6-16(7-4-12)15(20)21/h1-2,9,12,17H,3-8H2,(H,18,19)(H,20,21). The molecule has 0 atom stereocenters. The second-order valence-corrected chi connectivity index (χ2v) is 5.19. The van der Waals surface area contributed by atoms with Gasteiger partial charge in [-0.15, -0.1) is 0 Å². The van der Waals surface area contributed by atoms with Crippen LogP contribution in [0.5, 0.6) is 5.75 Å². The molecule has 7 heteroatoms. The van der Waals surface area contributed by atoms with Crippen molar-refractivity contribution >= 4 is 12.1 Å². The van der Waals surface area contributed by atoms with E-state index in [1.165, 1.54) is 17.0 Å². The van der Waals surface area contributed by atoms with Crippen molar-refractivity contribution in [3.63, 3.8) is 0 Å². The van der Waals surface area contributed by atoms with Gasteiger partial charge >= 0.3 is 12.1 Å². The van der Waals surface area contributed by atoms with Crippen LogP contribution in [-0.2, 0) is 6.42 Å². The molecule has 2 rings (SSSR count). The first kappa shape index (κ1) is 16.1. The van der Waals surface area contributed by atoms with Crippen molar-refractivity contribution in [3.8, 4) is 5.75 Å². The van der Waals surface area contributed by atoms with Gasteiger partial charge in [-0.1, -0.05) is 0 Å². The number of rotatable bonds is 5. The van der Waals surface area contributed by atoms with E-state index < -0.39 is 12.1 Å². The Bertz CT molecular complexity index is 551. The van der Waals surface area contributed by atoms with Gasteiger partial charge in [0.1, 0.15) is 11.9 Å². The third kappa shape index (κ3) is 3.88. The number of aliphatic hydroxyl groups is 1. The molecule has 0 spiro atoms. The Morgan fingerprint density at radius 3 is 2.45 bits per heavy atom. The van der Waals surface area contributed by atoms with Crippen LogP contribution in [0.15, 0.2) is 18.2 Å². The SMILES string of the molecule is O=C(O)c1ccc(OC2CCN(C(=O)O)CC2)c(CCO)c1. The smallest absolute Gasteiger partial charge is 0.407 e. The average molecular weight is 309 g/mol. The molecule has 1 saturated heterocycles. The Morgan fingerprint density at radius 1 is 1.23 bits per heavy atom. The van der Waals surface area contributed by atoms with Gasteiger partial charge in [-0.3, -0.25) is 0 Å². The molecule has 1 aliphatic heterocycles. The fourth-order valence-electron chi connectivity index (χ4n) is 2.49. The molecule has 0 bridgehead atoms. The van der Waals surface area contributed by atoms with Crippen molar-refractivity contribution in [1.82, 2.24) is 4.90 Å². The quantitative estimate of drug-likeness (QED) is 0.759. The highest BCUT2D eigenvalue weighted by Gasteiger charge is 2.24. The normalized spacial score (nSPS) is 15.6. The van der Waals surface area contributed by atoms with Gasteiger partial charge in [0.05, 0.1) is 5.56 Å². The van der Waals surface area contributed by atoms with Gasteiger partial charge in [-0.2, -0.15) is 0 Å². The van der Waals surface area contributed by atoms with Crippen molar-refractivity contribution in [2.75, 3.05) is 19.7 Å². The summed E-state index contributed by atoms with van der Waals surface area (Å²) in [7, 11) is 0. The number of carboxylic acid groups (broad SMARTS) is 2. The Balaban J connectivity index is 2.06. The van der Waals surface area contributed by atoms with Gasteiger partial charge in [0.15, 0.2) is 0 Å². The topological polar surface area (TPSA) is 107 Å². The third-order valence-electron chi connectivity index (χ3n) is 3.69. The maximum atomic E-state index is 11.0. The zero-order chi connectivity index (χ0) is 16.1. The molecule has 0 radical (unpaired) electrons. The molecule has 1 amide bonds. The third-order valence-corrected chi connectivity index (χ3v) is 3.69. The van der Waals surface area contributed by atoms with E-state index in [2.05, 4.69) is 0 Å². The molecule has 0 unspecified atom stereocenters. The van der Waals surface area contributed by atoms with Crippen LogP contribution in [0.2, 0.25) is 0 Å². The van der Waals surface area contributed by atoms with Crippen molar-refractivity contribution < 1.29 is 29.6 Å². The number of carbonyl (C=O) groups is 2. The first-order valence-electron chi connectivity index (χ1n) is 7.13. The number of piperidine rings is 1. The van der Waals surface area contributed by atoms with Gasteiger partial charge in [0.25, 0.3) is 0 Å². The molecule has 1 fully saturated rings. The molecule has 1 aromatic rings. The van der Waals surface area contributed by atoms with E-state index in [4.69, 9.17) is 20.1 Å². The maximum Gasteiger partial charge on any atom is 0.407 e. The zero-order valence-corrected chi connectivity index (χ0v) is 12.1.